The highest BCUT2D eigenvalue weighted by molar-refractivity contribution is 5.98. The van der Waals surface area contributed by atoms with Crippen molar-refractivity contribution in [1.29, 1.82) is 0 Å². The van der Waals surface area contributed by atoms with Gasteiger partial charge in [0, 0.05) is 48.8 Å². The summed E-state index contributed by atoms with van der Waals surface area (Å²) in [5.41, 5.74) is 3.71. The second-order valence-corrected chi connectivity index (χ2v) is 9.14. The number of nitrogens with zero attached hydrogens (tertiary/aromatic N) is 3. The van der Waals surface area contributed by atoms with Crippen LogP contribution in [0.1, 0.15) is 31.7 Å². The third-order valence-corrected chi connectivity index (χ3v) is 6.57. The van der Waals surface area contributed by atoms with Gasteiger partial charge in [-0.2, -0.15) is 5.10 Å². The number of H-pyrrole nitrogens is 1. The first-order valence-electron chi connectivity index (χ1n) is 12.0. The van der Waals surface area contributed by atoms with E-state index in [0.29, 0.717) is 28.5 Å². The molecule has 1 aliphatic heterocycles. The number of hydrogen-bond acceptors (Lipinski definition) is 6. The Labute approximate surface area is 201 Å². The average molecular weight is 471 g/mol. The Morgan fingerprint density at radius 3 is 2.77 bits per heavy atom. The predicted molar refractivity (Wildman–Crippen MR) is 134 cm³/mol. The molecule has 1 aliphatic carbocycles. The second-order valence-electron chi connectivity index (χ2n) is 9.14. The highest BCUT2D eigenvalue weighted by Gasteiger charge is 2.30. The topological polar surface area (TPSA) is 114 Å². The summed E-state index contributed by atoms with van der Waals surface area (Å²) in [4.78, 5) is 32.2. The largest absolute Gasteiger partial charge is 0.381 e. The summed E-state index contributed by atoms with van der Waals surface area (Å²) in [6.07, 6.45) is 9.26. The normalized spacial score (nSPS) is 16.3. The van der Waals surface area contributed by atoms with Gasteiger partial charge >= 0.3 is 0 Å². The van der Waals surface area contributed by atoms with Gasteiger partial charge in [0.05, 0.1) is 28.8 Å². The number of anilines is 3. The molecule has 2 aliphatic rings. The van der Waals surface area contributed by atoms with Crippen molar-refractivity contribution in [2.24, 2.45) is 5.92 Å². The third-order valence-electron chi connectivity index (χ3n) is 6.57. The van der Waals surface area contributed by atoms with E-state index in [2.05, 4.69) is 31.9 Å². The van der Waals surface area contributed by atoms with Crippen LogP contribution in [0.15, 0.2) is 59.8 Å². The first-order valence-corrected chi connectivity index (χ1v) is 12.0. The Balaban J connectivity index is 1.31. The molecule has 1 saturated carbocycles. The fraction of sp³-hybridized carbons (Fsp3) is 0.308. The number of rotatable bonds is 6. The van der Waals surface area contributed by atoms with Crippen LogP contribution in [0.5, 0.6) is 0 Å². The van der Waals surface area contributed by atoms with Gasteiger partial charge in [0.25, 0.3) is 5.56 Å². The molecule has 1 aromatic carbocycles. The molecule has 1 amide bonds. The Morgan fingerprint density at radius 2 is 1.94 bits per heavy atom. The minimum Gasteiger partial charge on any atom is -0.381 e. The third kappa shape index (κ3) is 4.54. The fourth-order valence-electron chi connectivity index (χ4n) is 4.50. The molecule has 4 heterocycles. The zero-order chi connectivity index (χ0) is 23.8. The molecule has 0 radical (unpaired) electrons. The van der Waals surface area contributed by atoms with Crippen LogP contribution in [0.3, 0.4) is 0 Å². The van der Waals surface area contributed by atoms with Crippen LogP contribution in [-0.4, -0.2) is 38.9 Å². The fourth-order valence-corrected chi connectivity index (χ4v) is 4.50. The van der Waals surface area contributed by atoms with Crippen molar-refractivity contribution >= 4 is 34.0 Å². The Hall–Kier alpha value is -3.98. The van der Waals surface area contributed by atoms with Crippen LogP contribution in [0.2, 0.25) is 0 Å². The van der Waals surface area contributed by atoms with Crippen molar-refractivity contribution in [3.05, 3.63) is 65.3 Å². The lowest BCUT2D eigenvalue weighted by Gasteiger charge is -2.22. The number of benzene rings is 1. The second kappa shape index (κ2) is 8.99. The molecule has 9 nitrogen and oxygen atoms in total. The number of aromatic nitrogens is 4. The van der Waals surface area contributed by atoms with Crippen LogP contribution in [0.25, 0.3) is 22.0 Å². The van der Waals surface area contributed by atoms with Gasteiger partial charge in [-0.25, -0.2) is 4.98 Å². The first kappa shape index (κ1) is 21.5. The quantitative estimate of drug-likeness (QED) is 0.389. The number of aromatic amines is 1. The van der Waals surface area contributed by atoms with E-state index in [9.17, 15) is 9.59 Å². The number of nitrogens with one attached hydrogen (secondary N) is 3. The van der Waals surface area contributed by atoms with Crippen LogP contribution < -0.4 is 16.2 Å². The molecule has 35 heavy (non-hydrogen) atoms. The number of carbonyl (C=O) groups is 1. The molecule has 0 unspecified atom stereocenters. The lowest BCUT2D eigenvalue weighted by molar-refractivity contribution is -0.117. The SMILES string of the molecule is O=C(Nc1cc(Nc2cccc(-c3cnn(C4CCOCC4)c3)c2)c2c(=O)[nH]ccc2n1)C1CC1. The smallest absolute Gasteiger partial charge is 0.259 e. The minimum absolute atomic E-state index is 0.0313. The Bertz CT molecular complexity index is 1450. The summed E-state index contributed by atoms with van der Waals surface area (Å²) in [5.74, 6) is 0.453. The van der Waals surface area contributed by atoms with E-state index in [4.69, 9.17) is 4.74 Å². The molecular weight excluding hydrogens is 444 g/mol. The zero-order valence-corrected chi connectivity index (χ0v) is 19.2. The van der Waals surface area contributed by atoms with E-state index in [1.165, 1.54) is 0 Å². The van der Waals surface area contributed by atoms with Crippen molar-refractivity contribution in [2.45, 2.75) is 31.7 Å². The van der Waals surface area contributed by atoms with Crippen LogP contribution >= 0.6 is 0 Å². The summed E-state index contributed by atoms with van der Waals surface area (Å²) < 4.78 is 7.50. The van der Waals surface area contributed by atoms with Gasteiger partial charge in [-0.3, -0.25) is 14.3 Å². The molecule has 0 bridgehead atoms. The Morgan fingerprint density at radius 1 is 1.09 bits per heavy atom. The number of fused-ring (bicyclic) bond motifs is 1. The molecule has 9 heteroatoms. The van der Waals surface area contributed by atoms with E-state index in [0.717, 1.165) is 55.7 Å². The lowest BCUT2D eigenvalue weighted by atomic mass is 10.1. The monoisotopic (exact) mass is 470 g/mol. The molecule has 0 spiro atoms. The maximum absolute atomic E-state index is 12.6. The van der Waals surface area contributed by atoms with E-state index in [1.54, 1.807) is 18.3 Å². The summed E-state index contributed by atoms with van der Waals surface area (Å²) >= 11 is 0. The average Bonchev–Trinajstić information content (AvgIpc) is 3.61. The highest BCUT2D eigenvalue weighted by Crippen LogP contribution is 2.32. The maximum atomic E-state index is 12.6. The molecular formula is C26H26N6O3. The summed E-state index contributed by atoms with van der Waals surface area (Å²) in [7, 11) is 0. The molecule has 4 aromatic rings. The summed E-state index contributed by atoms with van der Waals surface area (Å²) in [5, 5.41) is 11.3. The van der Waals surface area contributed by atoms with Crippen LogP contribution in [0.4, 0.5) is 17.2 Å². The van der Waals surface area contributed by atoms with Crippen molar-refractivity contribution in [3.63, 3.8) is 0 Å². The molecule has 0 atom stereocenters. The highest BCUT2D eigenvalue weighted by atomic mass is 16.5. The first-order chi connectivity index (χ1) is 17.1. The van der Waals surface area contributed by atoms with E-state index < -0.39 is 0 Å². The van der Waals surface area contributed by atoms with Gasteiger partial charge in [-0.1, -0.05) is 12.1 Å². The van der Waals surface area contributed by atoms with Crippen molar-refractivity contribution in [2.75, 3.05) is 23.8 Å². The summed E-state index contributed by atoms with van der Waals surface area (Å²) in [6.45, 7) is 1.53. The van der Waals surface area contributed by atoms with Crippen LogP contribution in [0, 0.1) is 5.92 Å². The van der Waals surface area contributed by atoms with Crippen molar-refractivity contribution < 1.29 is 9.53 Å². The molecule has 6 rings (SSSR count). The van der Waals surface area contributed by atoms with E-state index in [1.807, 2.05) is 35.1 Å². The van der Waals surface area contributed by atoms with Gasteiger partial charge < -0.3 is 20.4 Å². The van der Waals surface area contributed by atoms with Crippen molar-refractivity contribution in [3.8, 4) is 11.1 Å². The zero-order valence-electron chi connectivity index (χ0n) is 19.2. The maximum Gasteiger partial charge on any atom is 0.259 e. The van der Waals surface area contributed by atoms with Crippen LogP contribution in [-0.2, 0) is 9.53 Å². The lowest BCUT2D eigenvalue weighted by Crippen LogP contribution is -2.19. The number of carbonyl (C=O) groups excluding carboxylic acids is 1. The number of hydrogen-bond donors (Lipinski definition) is 3. The van der Waals surface area contributed by atoms with Gasteiger partial charge in [0.15, 0.2) is 0 Å². The molecule has 178 valence electrons. The van der Waals surface area contributed by atoms with Gasteiger partial charge in [-0.05, 0) is 49.4 Å². The standard InChI is InChI=1S/C26H26N6O3/c33-25(16-4-5-16)31-23-13-22(24-21(30-23)6-9-27-26(24)34)29-19-3-1-2-17(12-19)18-14-28-32(15-18)20-7-10-35-11-8-20/h1-3,6,9,12-16,20H,4-5,7-8,10-11H2,(H,27,34)(H2,29,30,31,33). The minimum atomic E-state index is -0.244. The number of pyridine rings is 2. The Kier molecular flexibility index (Phi) is 5.54. The predicted octanol–water partition coefficient (Wildman–Crippen LogP) is 4.23. The van der Waals surface area contributed by atoms with E-state index in [-0.39, 0.29) is 17.4 Å². The number of amides is 1. The molecule has 3 N–H and O–H groups in total. The molecule has 3 aromatic heterocycles. The molecule has 2 fully saturated rings. The van der Waals surface area contributed by atoms with E-state index >= 15 is 0 Å². The number of ether oxygens (including phenoxy) is 1. The van der Waals surface area contributed by atoms with Gasteiger partial charge in [-0.15, -0.1) is 0 Å². The molecule has 1 saturated heterocycles. The van der Waals surface area contributed by atoms with Gasteiger partial charge in [0.1, 0.15) is 5.82 Å². The van der Waals surface area contributed by atoms with Gasteiger partial charge in [0.2, 0.25) is 5.91 Å². The summed E-state index contributed by atoms with van der Waals surface area (Å²) in [6, 6.07) is 11.8. The van der Waals surface area contributed by atoms with Crippen molar-refractivity contribution in [1.82, 2.24) is 19.7 Å².